The molecule has 1 aromatic heterocycles. The summed E-state index contributed by atoms with van der Waals surface area (Å²) < 4.78 is 15.3. The molecule has 7 heteroatoms. The van der Waals surface area contributed by atoms with Gasteiger partial charge in [-0.05, 0) is 52.2 Å². The molecule has 0 radical (unpaired) electrons. The van der Waals surface area contributed by atoms with Crippen molar-refractivity contribution in [3.63, 3.8) is 0 Å². The maximum Gasteiger partial charge on any atom is 0.243 e. The lowest BCUT2D eigenvalue weighted by Gasteiger charge is -2.31. The van der Waals surface area contributed by atoms with Crippen LogP contribution >= 0.6 is 11.6 Å². The van der Waals surface area contributed by atoms with E-state index in [-0.39, 0.29) is 17.9 Å². The topological polar surface area (TPSA) is 55.6 Å². The normalized spacial score (nSPS) is 19.9. The molecule has 0 saturated heterocycles. The van der Waals surface area contributed by atoms with Gasteiger partial charge in [0.25, 0.3) is 0 Å². The van der Waals surface area contributed by atoms with Crippen LogP contribution in [0.2, 0.25) is 5.02 Å². The van der Waals surface area contributed by atoms with Gasteiger partial charge in [0.2, 0.25) is 5.95 Å². The molecule has 116 valence electrons. The minimum atomic E-state index is -0.265. The van der Waals surface area contributed by atoms with Gasteiger partial charge in [0.05, 0.1) is 12.1 Å². The van der Waals surface area contributed by atoms with E-state index < -0.39 is 0 Å². The highest BCUT2D eigenvalue weighted by molar-refractivity contribution is 6.30. The Hall–Kier alpha value is -2.47. The highest BCUT2D eigenvalue weighted by atomic mass is 35.5. The van der Waals surface area contributed by atoms with Crippen LogP contribution < -0.4 is 5.32 Å². The first kappa shape index (κ1) is 14.1. The number of aromatic nitrogens is 4. The Bertz CT molecular complexity index is 832. The Balaban J connectivity index is 1.73. The number of nitrogens with zero attached hydrogens (tertiary/aromatic N) is 4. The number of anilines is 1. The van der Waals surface area contributed by atoms with Crippen LogP contribution in [0.4, 0.5) is 10.3 Å². The van der Waals surface area contributed by atoms with Crippen LogP contribution in [0, 0.1) is 5.82 Å². The van der Waals surface area contributed by atoms with Crippen LogP contribution in [0.1, 0.15) is 29.6 Å². The van der Waals surface area contributed by atoms with Crippen molar-refractivity contribution in [1.82, 2.24) is 20.2 Å². The van der Waals surface area contributed by atoms with Gasteiger partial charge in [-0.25, -0.2) is 9.07 Å². The van der Waals surface area contributed by atoms with Crippen molar-refractivity contribution >= 4 is 17.5 Å². The third-order valence-corrected chi connectivity index (χ3v) is 4.31. The van der Waals surface area contributed by atoms with Gasteiger partial charge < -0.3 is 5.32 Å². The molecule has 0 spiro atoms. The molecule has 1 aliphatic heterocycles. The molecule has 23 heavy (non-hydrogen) atoms. The lowest BCUT2D eigenvalue weighted by Crippen LogP contribution is -2.28. The van der Waals surface area contributed by atoms with Gasteiger partial charge in [0.1, 0.15) is 5.82 Å². The van der Waals surface area contributed by atoms with Gasteiger partial charge in [-0.1, -0.05) is 41.0 Å². The maximum absolute atomic E-state index is 13.6. The first-order valence-corrected chi connectivity index (χ1v) is 7.64. The summed E-state index contributed by atoms with van der Waals surface area (Å²) in [7, 11) is 0. The highest BCUT2D eigenvalue weighted by Gasteiger charge is 2.30. The summed E-state index contributed by atoms with van der Waals surface area (Å²) in [5, 5.41) is 15.8. The average Bonchev–Trinajstić information content (AvgIpc) is 3.03. The largest absolute Gasteiger partial charge is 0.346 e. The molecule has 0 unspecified atom stereocenters. The zero-order chi connectivity index (χ0) is 15.8. The van der Waals surface area contributed by atoms with Crippen molar-refractivity contribution in [3.05, 3.63) is 70.5 Å². The van der Waals surface area contributed by atoms with Crippen molar-refractivity contribution in [1.29, 1.82) is 0 Å². The van der Waals surface area contributed by atoms with Crippen molar-refractivity contribution in [2.24, 2.45) is 0 Å². The van der Waals surface area contributed by atoms with Gasteiger partial charge in [0, 0.05) is 5.02 Å². The van der Waals surface area contributed by atoms with Gasteiger partial charge in [-0.2, -0.15) is 0 Å². The van der Waals surface area contributed by atoms with Crippen molar-refractivity contribution < 1.29 is 4.39 Å². The van der Waals surface area contributed by atoms with Crippen LogP contribution in [0.3, 0.4) is 0 Å². The first-order valence-electron chi connectivity index (χ1n) is 7.26. The monoisotopic (exact) mass is 329 g/mol. The fourth-order valence-corrected chi connectivity index (χ4v) is 3.07. The fourth-order valence-electron chi connectivity index (χ4n) is 2.94. The van der Waals surface area contributed by atoms with E-state index in [2.05, 4.69) is 20.8 Å². The van der Waals surface area contributed by atoms with Crippen molar-refractivity contribution in [2.75, 3.05) is 5.32 Å². The van der Waals surface area contributed by atoms with Gasteiger partial charge >= 0.3 is 0 Å². The lowest BCUT2D eigenvalue weighted by molar-refractivity contribution is 0.422. The average molecular weight is 330 g/mol. The zero-order valence-electron chi connectivity index (χ0n) is 12.0. The third kappa shape index (κ3) is 2.66. The number of halogens is 2. The molecule has 0 saturated carbocycles. The molecule has 2 heterocycles. The summed E-state index contributed by atoms with van der Waals surface area (Å²) >= 11 is 5.96. The predicted octanol–water partition coefficient (Wildman–Crippen LogP) is 3.61. The molecular formula is C16H13ClFN5. The lowest BCUT2D eigenvalue weighted by atomic mass is 9.93. The van der Waals surface area contributed by atoms with Crippen LogP contribution in [0.15, 0.2) is 48.5 Å². The van der Waals surface area contributed by atoms with E-state index >= 15 is 0 Å². The summed E-state index contributed by atoms with van der Waals surface area (Å²) in [6.45, 7) is 0. The fraction of sp³-hybridized carbons (Fsp3) is 0.188. The Morgan fingerprint density at radius 3 is 2.74 bits per heavy atom. The third-order valence-electron chi connectivity index (χ3n) is 4.06. The second-order valence-electron chi connectivity index (χ2n) is 5.50. The molecule has 0 bridgehead atoms. The minimum Gasteiger partial charge on any atom is -0.346 e. The smallest absolute Gasteiger partial charge is 0.243 e. The van der Waals surface area contributed by atoms with E-state index in [1.165, 1.54) is 12.1 Å². The second-order valence-corrected chi connectivity index (χ2v) is 5.94. The number of rotatable bonds is 2. The maximum atomic E-state index is 13.6. The summed E-state index contributed by atoms with van der Waals surface area (Å²) in [5.41, 5.74) is 1.93. The standard InChI is InChI=1S/C16H13ClFN5/c17-12-6-4-10(5-7-12)14-9-15(11-2-1-3-13(18)8-11)23-16(19-14)20-21-22-23/h1-8,14-15H,9H2,(H,19,20,22)/t14-,15+/m0/s1. The summed E-state index contributed by atoms with van der Waals surface area (Å²) in [6.07, 6.45) is 0.711. The minimum absolute atomic E-state index is 0.0269. The van der Waals surface area contributed by atoms with E-state index in [4.69, 9.17) is 11.6 Å². The number of tetrazole rings is 1. The van der Waals surface area contributed by atoms with Gasteiger partial charge in [-0.3, -0.25) is 0 Å². The van der Waals surface area contributed by atoms with Crippen LogP contribution in [0.5, 0.6) is 0 Å². The molecule has 0 aliphatic carbocycles. The Morgan fingerprint density at radius 1 is 1.13 bits per heavy atom. The molecule has 1 N–H and O–H groups in total. The number of fused-ring (bicyclic) bond motifs is 1. The van der Waals surface area contributed by atoms with Crippen LogP contribution in [-0.2, 0) is 0 Å². The highest BCUT2D eigenvalue weighted by Crippen LogP contribution is 2.37. The van der Waals surface area contributed by atoms with E-state index in [0.717, 1.165) is 11.1 Å². The van der Waals surface area contributed by atoms with Crippen LogP contribution in [-0.4, -0.2) is 20.2 Å². The molecule has 0 fully saturated rings. The summed E-state index contributed by atoms with van der Waals surface area (Å²) in [6, 6.07) is 14.1. The Morgan fingerprint density at radius 2 is 1.96 bits per heavy atom. The van der Waals surface area contributed by atoms with E-state index in [0.29, 0.717) is 17.4 Å². The quantitative estimate of drug-likeness (QED) is 0.780. The molecule has 0 amide bonds. The van der Waals surface area contributed by atoms with Crippen molar-refractivity contribution in [2.45, 2.75) is 18.5 Å². The molecule has 4 rings (SSSR count). The predicted molar refractivity (Wildman–Crippen MR) is 84.8 cm³/mol. The Kier molecular flexibility index (Phi) is 3.46. The number of hydrogen-bond acceptors (Lipinski definition) is 4. The molecule has 3 aromatic rings. The summed E-state index contributed by atoms with van der Waals surface area (Å²) in [5.74, 6) is 0.309. The summed E-state index contributed by atoms with van der Waals surface area (Å²) in [4.78, 5) is 0. The van der Waals surface area contributed by atoms with E-state index in [9.17, 15) is 4.39 Å². The number of nitrogens with one attached hydrogen (secondary N) is 1. The van der Waals surface area contributed by atoms with E-state index in [1.807, 2.05) is 30.3 Å². The molecule has 2 aromatic carbocycles. The SMILES string of the molecule is Fc1cccc([C@H]2C[C@@H](c3ccc(Cl)cc3)Nc3nnnn32)c1. The van der Waals surface area contributed by atoms with Crippen molar-refractivity contribution in [3.8, 4) is 0 Å². The molecule has 5 nitrogen and oxygen atoms in total. The molecular weight excluding hydrogens is 317 g/mol. The number of benzene rings is 2. The first-order chi connectivity index (χ1) is 11.2. The second kappa shape index (κ2) is 5.62. The molecule has 1 aliphatic rings. The van der Waals surface area contributed by atoms with E-state index in [1.54, 1.807) is 10.7 Å². The Labute approximate surface area is 137 Å². The van der Waals surface area contributed by atoms with Gasteiger partial charge in [-0.15, -0.1) is 0 Å². The molecule has 2 atom stereocenters. The van der Waals surface area contributed by atoms with Crippen LogP contribution in [0.25, 0.3) is 0 Å². The zero-order valence-corrected chi connectivity index (χ0v) is 12.8. The van der Waals surface area contributed by atoms with Gasteiger partial charge in [0.15, 0.2) is 0 Å². The number of hydrogen-bond donors (Lipinski definition) is 1.